The van der Waals surface area contributed by atoms with Gasteiger partial charge in [-0.15, -0.1) is 5.10 Å². The molecule has 1 atom stereocenters. The maximum absolute atomic E-state index is 14.6. The van der Waals surface area contributed by atoms with E-state index in [0.29, 0.717) is 29.2 Å². The van der Waals surface area contributed by atoms with E-state index in [1.807, 2.05) is 73.7 Å². The van der Waals surface area contributed by atoms with Crippen LogP contribution in [-0.4, -0.2) is 39.3 Å². The van der Waals surface area contributed by atoms with Crippen LogP contribution in [-0.2, 0) is 6.54 Å². The number of H-pyrrole nitrogens is 1. The molecule has 0 radical (unpaired) electrons. The largest absolute Gasteiger partial charge is 0.337 e. The number of aromatic amines is 1. The average molecular weight is 649 g/mol. The van der Waals surface area contributed by atoms with E-state index in [1.54, 1.807) is 16.7 Å². The number of nitrogens with zero attached hydrogens (tertiary/aromatic N) is 7. The van der Waals surface area contributed by atoms with Crippen molar-refractivity contribution in [3.63, 3.8) is 0 Å². The summed E-state index contributed by atoms with van der Waals surface area (Å²) in [5.41, 5.74) is 5.59. The van der Waals surface area contributed by atoms with Gasteiger partial charge in [0, 0.05) is 18.0 Å². The van der Waals surface area contributed by atoms with Gasteiger partial charge < -0.3 is 4.57 Å². The Kier molecular flexibility index (Phi) is 8.04. The van der Waals surface area contributed by atoms with Crippen molar-refractivity contribution in [3.8, 4) is 28.2 Å². The molecule has 4 aromatic carbocycles. The molecule has 1 aliphatic carbocycles. The van der Waals surface area contributed by atoms with Crippen molar-refractivity contribution in [2.75, 3.05) is 0 Å². The number of imidazole rings is 1. The smallest absolute Gasteiger partial charge is 0.317 e. The van der Waals surface area contributed by atoms with Crippen LogP contribution < -0.4 is 11.2 Å². The Morgan fingerprint density at radius 3 is 2.16 bits per heavy atom. The molecule has 0 bridgehead atoms. The summed E-state index contributed by atoms with van der Waals surface area (Å²) in [5, 5.41) is 14.5. The summed E-state index contributed by atoms with van der Waals surface area (Å²) >= 11 is 0. The Labute approximate surface area is 282 Å². The number of fused-ring (bicyclic) bond motifs is 1. The Hall–Kier alpha value is -5.90. The lowest BCUT2D eigenvalue weighted by Gasteiger charge is -2.22. The summed E-state index contributed by atoms with van der Waals surface area (Å²) in [4.78, 5) is 34.3. The first-order valence-corrected chi connectivity index (χ1v) is 16.9. The first-order chi connectivity index (χ1) is 24.1. The molecule has 1 N–H and O–H groups in total. The molecule has 1 aliphatic rings. The standard InChI is InChI=1S/C39H36N8O2/c1-26(28-13-5-2-6-14-28)46-37-34(38(48)47(39(46)49)31-17-9-4-10-18-31)45(36(40-37)30-15-7-3-8-16-30)25-27-21-23-29(24-22-27)32-19-11-12-20-33(32)35-41-43-44-42-35/h2,4-6,9-14,17-24,26,30H,3,7-8,15-16,25H2,1H3,(H,41,42,43,44). The van der Waals surface area contributed by atoms with Gasteiger partial charge >= 0.3 is 5.69 Å². The highest BCUT2D eigenvalue weighted by molar-refractivity contribution is 5.80. The molecule has 0 saturated heterocycles. The van der Waals surface area contributed by atoms with Gasteiger partial charge in [-0.05, 0) is 64.6 Å². The second kappa shape index (κ2) is 13.0. The summed E-state index contributed by atoms with van der Waals surface area (Å²) in [6.07, 6.45) is 5.43. The third kappa shape index (κ3) is 5.58. The summed E-state index contributed by atoms with van der Waals surface area (Å²) in [6.45, 7) is 2.44. The molecule has 3 aromatic heterocycles. The van der Waals surface area contributed by atoms with E-state index in [1.165, 1.54) is 11.0 Å². The van der Waals surface area contributed by atoms with E-state index in [-0.39, 0.29) is 17.5 Å². The number of nitrogens with one attached hydrogen (secondary N) is 1. The van der Waals surface area contributed by atoms with E-state index in [2.05, 4.69) is 55.5 Å². The molecule has 8 rings (SSSR count). The summed E-state index contributed by atoms with van der Waals surface area (Å²) in [7, 11) is 0. The van der Waals surface area contributed by atoms with E-state index >= 15 is 0 Å². The zero-order valence-electron chi connectivity index (χ0n) is 27.2. The highest BCUT2D eigenvalue weighted by atomic mass is 16.2. The first-order valence-electron chi connectivity index (χ1n) is 16.9. The van der Waals surface area contributed by atoms with Crippen LogP contribution in [0.15, 0.2) is 119 Å². The maximum Gasteiger partial charge on any atom is 0.337 e. The van der Waals surface area contributed by atoms with Crippen molar-refractivity contribution < 1.29 is 0 Å². The van der Waals surface area contributed by atoms with Crippen LogP contribution >= 0.6 is 0 Å². The van der Waals surface area contributed by atoms with Gasteiger partial charge in [-0.2, -0.15) is 0 Å². The molecule has 1 fully saturated rings. The molecule has 0 amide bonds. The predicted molar refractivity (Wildman–Crippen MR) is 190 cm³/mol. The first kappa shape index (κ1) is 30.4. The molecule has 49 heavy (non-hydrogen) atoms. The lowest BCUT2D eigenvalue weighted by atomic mass is 9.88. The van der Waals surface area contributed by atoms with Gasteiger partial charge in [-0.3, -0.25) is 9.36 Å². The molecule has 244 valence electrons. The Balaban J connectivity index is 1.31. The van der Waals surface area contributed by atoms with Crippen LogP contribution in [0, 0.1) is 0 Å². The molecule has 0 aliphatic heterocycles. The van der Waals surface area contributed by atoms with Crippen LogP contribution in [0.3, 0.4) is 0 Å². The summed E-state index contributed by atoms with van der Waals surface area (Å²) in [5.74, 6) is 1.67. The number of aromatic nitrogens is 8. The molecule has 1 saturated carbocycles. The number of hydrogen-bond acceptors (Lipinski definition) is 6. The third-order valence-electron chi connectivity index (χ3n) is 9.80. The van der Waals surface area contributed by atoms with Crippen molar-refractivity contribution >= 4 is 11.2 Å². The minimum Gasteiger partial charge on any atom is -0.317 e. The monoisotopic (exact) mass is 648 g/mol. The van der Waals surface area contributed by atoms with E-state index in [0.717, 1.165) is 59.3 Å². The number of benzene rings is 4. The van der Waals surface area contributed by atoms with Crippen molar-refractivity contribution in [1.29, 1.82) is 0 Å². The van der Waals surface area contributed by atoms with Crippen LogP contribution in [0.1, 0.15) is 67.9 Å². The van der Waals surface area contributed by atoms with Gasteiger partial charge in [0.25, 0.3) is 5.56 Å². The lowest BCUT2D eigenvalue weighted by molar-refractivity contribution is 0.419. The second-order valence-corrected chi connectivity index (χ2v) is 12.8. The molecular formula is C39H36N8O2. The average Bonchev–Trinajstić information content (AvgIpc) is 3.83. The van der Waals surface area contributed by atoms with E-state index < -0.39 is 5.69 Å². The number of tetrazole rings is 1. The van der Waals surface area contributed by atoms with Crippen LogP contribution in [0.25, 0.3) is 39.4 Å². The zero-order valence-corrected chi connectivity index (χ0v) is 27.2. The molecule has 3 heterocycles. The summed E-state index contributed by atoms with van der Waals surface area (Å²) < 4.78 is 5.10. The number of rotatable bonds is 8. The Morgan fingerprint density at radius 1 is 0.796 bits per heavy atom. The fourth-order valence-electron chi connectivity index (χ4n) is 7.28. The number of hydrogen-bond donors (Lipinski definition) is 1. The van der Waals surface area contributed by atoms with Crippen molar-refractivity contribution in [2.45, 2.75) is 57.5 Å². The van der Waals surface area contributed by atoms with Gasteiger partial charge in [0.2, 0.25) is 0 Å². The Morgan fingerprint density at radius 2 is 1.47 bits per heavy atom. The van der Waals surface area contributed by atoms with Gasteiger partial charge in [0.15, 0.2) is 17.0 Å². The van der Waals surface area contributed by atoms with Gasteiger partial charge in [0.1, 0.15) is 5.82 Å². The predicted octanol–water partition coefficient (Wildman–Crippen LogP) is 6.90. The minimum atomic E-state index is -0.398. The Bertz CT molecular complexity index is 2340. The normalized spacial score (nSPS) is 14.3. The lowest BCUT2D eigenvalue weighted by Crippen LogP contribution is -2.40. The van der Waals surface area contributed by atoms with Gasteiger partial charge in [-0.25, -0.2) is 19.4 Å². The molecular weight excluding hydrogens is 612 g/mol. The molecule has 0 spiro atoms. The summed E-state index contributed by atoms with van der Waals surface area (Å²) in [6, 6.07) is 35.1. The molecule has 10 nitrogen and oxygen atoms in total. The van der Waals surface area contributed by atoms with Crippen LogP contribution in [0.5, 0.6) is 0 Å². The van der Waals surface area contributed by atoms with Crippen molar-refractivity contribution in [1.82, 2.24) is 39.3 Å². The van der Waals surface area contributed by atoms with Crippen molar-refractivity contribution in [2.24, 2.45) is 0 Å². The SMILES string of the molecule is CC(c1ccccc1)n1c(=O)n(-c2ccccc2)c(=O)c2c1nc(C1CCCCC1)n2Cc1ccc(-c2ccccc2-c2nnn[nH]2)cc1. The van der Waals surface area contributed by atoms with Gasteiger partial charge in [-0.1, -0.05) is 116 Å². The fourth-order valence-corrected chi connectivity index (χ4v) is 7.28. The van der Waals surface area contributed by atoms with E-state index in [9.17, 15) is 9.59 Å². The van der Waals surface area contributed by atoms with Crippen LogP contribution in [0.4, 0.5) is 0 Å². The topological polar surface area (TPSA) is 116 Å². The van der Waals surface area contributed by atoms with E-state index in [4.69, 9.17) is 4.98 Å². The molecule has 1 unspecified atom stereocenters. The highest BCUT2D eigenvalue weighted by Gasteiger charge is 2.29. The zero-order chi connectivity index (χ0) is 33.3. The minimum absolute atomic E-state index is 0.197. The third-order valence-corrected chi connectivity index (χ3v) is 9.80. The highest BCUT2D eigenvalue weighted by Crippen LogP contribution is 2.35. The fraction of sp³-hybridized carbons (Fsp3) is 0.231. The quantitative estimate of drug-likeness (QED) is 0.192. The van der Waals surface area contributed by atoms with Crippen LogP contribution in [0.2, 0.25) is 0 Å². The van der Waals surface area contributed by atoms with Gasteiger partial charge in [0.05, 0.1) is 11.7 Å². The molecule has 7 aromatic rings. The molecule has 10 heteroatoms. The second-order valence-electron chi connectivity index (χ2n) is 12.8. The number of para-hydroxylation sites is 1. The van der Waals surface area contributed by atoms with Crippen molar-refractivity contribution in [3.05, 3.63) is 147 Å². The maximum atomic E-state index is 14.6.